The predicted octanol–water partition coefficient (Wildman–Crippen LogP) is 1.95. The fourth-order valence-corrected chi connectivity index (χ4v) is 3.07. The molecule has 1 saturated heterocycles. The summed E-state index contributed by atoms with van der Waals surface area (Å²) in [5.41, 5.74) is 0.652. The molecule has 0 aliphatic carbocycles. The van der Waals surface area contributed by atoms with Crippen molar-refractivity contribution in [3.05, 3.63) is 29.0 Å². The Morgan fingerprint density at radius 2 is 2.08 bits per heavy atom. The number of anilines is 1. The molecule has 144 valence electrons. The number of piperazine rings is 1. The van der Waals surface area contributed by atoms with Crippen LogP contribution in [-0.2, 0) is 9.53 Å². The van der Waals surface area contributed by atoms with Crippen LogP contribution in [0.4, 0.5) is 10.1 Å². The molecule has 1 fully saturated rings. The van der Waals surface area contributed by atoms with E-state index in [4.69, 9.17) is 28.6 Å². The smallest absolute Gasteiger partial charge is 0.234 e. The maximum Gasteiger partial charge on any atom is 0.234 e. The Morgan fingerprint density at radius 1 is 1.35 bits per heavy atom. The summed E-state index contributed by atoms with van der Waals surface area (Å²) in [7, 11) is 1.64. The van der Waals surface area contributed by atoms with Crippen molar-refractivity contribution in [2.45, 2.75) is 6.42 Å². The minimum absolute atomic E-state index is 0.0243. The van der Waals surface area contributed by atoms with Gasteiger partial charge in [-0.1, -0.05) is 11.6 Å². The highest BCUT2D eigenvalue weighted by Gasteiger charge is 2.20. The van der Waals surface area contributed by atoms with E-state index in [9.17, 15) is 9.18 Å². The fourth-order valence-electron chi connectivity index (χ4n) is 2.59. The van der Waals surface area contributed by atoms with E-state index in [1.165, 1.54) is 12.1 Å². The van der Waals surface area contributed by atoms with Crippen LogP contribution in [-0.4, -0.2) is 73.8 Å². The normalized spacial score (nSPS) is 15.0. The molecule has 0 aromatic heterocycles. The summed E-state index contributed by atoms with van der Waals surface area (Å²) in [6.07, 6.45) is 0.809. The van der Waals surface area contributed by atoms with Crippen molar-refractivity contribution in [1.29, 1.82) is 0 Å². The summed E-state index contributed by atoms with van der Waals surface area (Å²) in [6.45, 7) is 4.59. The topological polar surface area (TPSA) is 56.8 Å². The first-order chi connectivity index (χ1) is 12.5. The second kappa shape index (κ2) is 10.6. The molecule has 1 heterocycles. The highest BCUT2D eigenvalue weighted by Crippen LogP contribution is 2.19. The third-order valence-electron chi connectivity index (χ3n) is 4.04. The van der Waals surface area contributed by atoms with Gasteiger partial charge in [-0.25, -0.2) is 4.39 Å². The molecule has 6 nitrogen and oxygen atoms in total. The van der Waals surface area contributed by atoms with E-state index >= 15 is 0 Å². The van der Waals surface area contributed by atoms with Crippen molar-refractivity contribution in [2.24, 2.45) is 0 Å². The third-order valence-corrected chi connectivity index (χ3v) is 4.69. The number of nitrogens with zero attached hydrogens (tertiary/aromatic N) is 2. The standard InChI is InChI=1S/C17H24ClFN4O2S/c1-25-10-2-5-20-16(24)12-22-6-8-23(9-7-22)17(26)21-13-3-4-15(19)14(18)11-13/h3-4,11H,2,5-10,12H2,1H3,(H,20,24)(H,21,26). The Bertz CT molecular complexity index is 627. The molecule has 0 saturated carbocycles. The molecular formula is C17H24ClFN4O2S. The number of amides is 1. The quantitative estimate of drug-likeness (QED) is 0.537. The van der Waals surface area contributed by atoms with Crippen molar-refractivity contribution >= 4 is 40.5 Å². The Kier molecular flexibility index (Phi) is 8.50. The molecule has 1 aliphatic heterocycles. The van der Waals surface area contributed by atoms with E-state index in [-0.39, 0.29) is 10.9 Å². The van der Waals surface area contributed by atoms with Gasteiger partial charge in [0.1, 0.15) is 5.82 Å². The number of carbonyl (C=O) groups excluding carboxylic acids is 1. The predicted molar refractivity (Wildman–Crippen MR) is 105 cm³/mol. The first-order valence-corrected chi connectivity index (χ1v) is 9.27. The number of thiocarbonyl (C=S) groups is 1. The largest absolute Gasteiger partial charge is 0.385 e. The highest BCUT2D eigenvalue weighted by atomic mass is 35.5. The molecule has 1 aliphatic rings. The molecule has 0 unspecified atom stereocenters. The van der Waals surface area contributed by atoms with Crippen LogP contribution in [0.25, 0.3) is 0 Å². The van der Waals surface area contributed by atoms with Gasteiger partial charge < -0.3 is 20.3 Å². The van der Waals surface area contributed by atoms with Gasteiger partial charge in [0.25, 0.3) is 0 Å². The van der Waals surface area contributed by atoms with E-state index in [1.807, 2.05) is 4.90 Å². The molecule has 0 atom stereocenters. The number of carbonyl (C=O) groups is 1. The van der Waals surface area contributed by atoms with Crippen LogP contribution in [0.1, 0.15) is 6.42 Å². The lowest BCUT2D eigenvalue weighted by Gasteiger charge is -2.35. The van der Waals surface area contributed by atoms with Gasteiger partial charge in [0.2, 0.25) is 5.91 Å². The number of methoxy groups -OCH3 is 1. The van der Waals surface area contributed by atoms with Gasteiger partial charge in [-0.2, -0.15) is 0 Å². The summed E-state index contributed by atoms with van der Waals surface area (Å²) in [5.74, 6) is -0.437. The molecule has 0 bridgehead atoms. The fraction of sp³-hybridized carbons (Fsp3) is 0.529. The summed E-state index contributed by atoms with van der Waals surface area (Å²) in [6, 6.07) is 4.40. The number of hydrogen-bond donors (Lipinski definition) is 2. The van der Waals surface area contributed by atoms with Crippen LogP contribution in [0, 0.1) is 5.82 Å². The van der Waals surface area contributed by atoms with Gasteiger partial charge in [0, 0.05) is 52.1 Å². The van der Waals surface area contributed by atoms with Crippen LogP contribution in [0.2, 0.25) is 5.02 Å². The zero-order valence-corrected chi connectivity index (χ0v) is 16.3. The van der Waals surface area contributed by atoms with Crippen molar-refractivity contribution in [3.8, 4) is 0 Å². The van der Waals surface area contributed by atoms with Crippen molar-refractivity contribution in [3.63, 3.8) is 0 Å². The zero-order valence-electron chi connectivity index (χ0n) is 14.8. The molecular weight excluding hydrogens is 379 g/mol. The Labute approximate surface area is 163 Å². The maximum atomic E-state index is 13.2. The first-order valence-electron chi connectivity index (χ1n) is 8.48. The lowest BCUT2D eigenvalue weighted by molar-refractivity contribution is -0.122. The third kappa shape index (κ3) is 6.68. The number of ether oxygens (including phenoxy) is 1. The average molecular weight is 403 g/mol. The first kappa shape index (κ1) is 20.8. The van der Waals surface area contributed by atoms with Crippen LogP contribution in [0.15, 0.2) is 18.2 Å². The van der Waals surface area contributed by atoms with Gasteiger partial charge in [-0.3, -0.25) is 9.69 Å². The van der Waals surface area contributed by atoms with Gasteiger partial charge in [0.05, 0.1) is 11.6 Å². The minimum atomic E-state index is -0.461. The Balaban J connectivity index is 1.71. The summed E-state index contributed by atoms with van der Waals surface area (Å²) in [4.78, 5) is 16.0. The number of rotatable bonds is 7. The van der Waals surface area contributed by atoms with Gasteiger partial charge in [0.15, 0.2) is 5.11 Å². The average Bonchev–Trinajstić information content (AvgIpc) is 2.62. The van der Waals surface area contributed by atoms with E-state index in [2.05, 4.69) is 15.5 Å². The number of nitrogens with one attached hydrogen (secondary N) is 2. The molecule has 2 rings (SSSR count). The van der Waals surface area contributed by atoms with Gasteiger partial charge >= 0.3 is 0 Å². The van der Waals surface area contributed by atoms with Crippen LogP contribution in [0.3, 0.4) is 0 Å². The molecule has 1 aromatic rings. The van der Waals surface area contributed by atoms with E-state index < -0.39 is 5.82 Å². The van der Waals surface area contributed by atoms with Gasteiger partial charge in [-0.15, -0.1) is 0 Å². The van der Waals surface area contributed by atoms with Crippen LogP contribution < -0.4 is 10.6 Å². The molecule has 1 amide bonds. The van der Waals surface area contributed by atoms with Gasteiger partial charge in [-0.05, 0) is 36.8 Å². The summed E-state index contributed by atoms with van der Waals surface area (Å²) < 4.78 is 18.2. The molecule has 2 N–H and O–H groups in total. The number of hydrogen-bond acceptors (Lipinski definition) is 4. The summed E-state index contributed by atoms with van der Waals surface area (Å²) in [5, 5.41) is 6.58. The van der Waals surface area contributed by atoms with E-state index in [1.54, 1.807) is 13.2 Å². The molecule has 26 heavy (non-hydrogen) atoms. The molecule has 1 aromatic carbocycles. The van der Waals surface area contributed by atoms with Crippen molar-refractivity contribution < 1.29 is 13.9 Å². The minimum Gasteiger partial charge on any atom is -0.385 e. The van der Waals surface area contributed by atoms with Crippen molar-refractivity contribution in [2.75, 3.05) is 58.3 Å². The van der Waals surface area contributed by atoms with Crippen LogP contribution >= 0.6 is 23.8 Å². The summed E-state index contributed by atoms with van der Waals surface area (Å²) >= 11 is 11.2. The van der Waals surface area contributed by atoms with E-state index in [0.717, 1.165) is 32.6 Å². The zero-order chi connectivity index (χ0) is 18.9. The number of halogens is 2. The number of benzene rings is 1. The molecule has 0 radical (unpaired) electrons. The molecule has 9 heteroatoms. The van der Waals surface area contributed by atoms with Crippen molar-refractivity contribution in [1.82, 2.24) is 15.1 Å². The Hall–Kier alpha value is -1.48. The second-order valence-electron chi connectivity index (χ2n) is 6.02. The molecule has 0 spiro atoms. The van der Waals surface area contributed by atoms with E-state index in [0.29, 0.717) is 30.5 Å². The van der Waals surface area contributed by atoms with Crippen LogP contribution in [0.5, 0.6) is 0 Å². The SMILES string of the molecule is COCCCNC(=O)CN1CCN(C(=S)Nc2ccc(F)c(Cl)c2)CC1. The lowest BCUT2D eigenvalue weighted by Crippen LogP contribution is -2.52. The maximum absolute atomic E-state index is 13.2. The Morgan fingerprint density at radius 3 is 2.73 bits per heavy atom. The monoisotopic (exact) mass is 402 g/mol. The highest BCUT2D eigenvalue weighted by molar-refractivity contribution is 7.80. The second-order valence-corrected chi connectivity index (χ2v) is 6.81. The lowest BCUT2D eigenvalue weighted by atomic mass is 10.3.